The molecule has 2 N–H and O–H groups in total. The Labute approximate surface area is 161 Å². The van der Waals surface area contributed by atoms with Crippen molar-refractivity contribution in [3.05, 3.63) is 64.1 Å². The first kappa shape index (κ1) is 19.2. The molecular formula is C20H22N4O4. The molecule has 0 aliphatic rings. The van der Waals surface area contributed by atoms with Crippen molar-refractivity contribution in [1.82, 2.24) is 20.0 Å². The predicted octanol–water partition coefficient (Wildman–Crippen LogP) is 1.18. The van der Waals surface area contributed by atoms with E-state index in [9.17, 15) is 14.4 Å². The van der Waals surface area contributed by atoms with E-state index in [1.54, 1.807) is 31.3 Å². The number of aryl methyl sites for hydroxylation is 3. The molecule has 3 aromatic rings. The lowest BCUT2D eigenvalue weighted by molar-refractivity contribution is -0.130. The molecule has 8 nitrogen and oxygen atoms in total. The van der Waals surface area contributed by atoms with Gasteiger partial charge in [0.2, 0.25) is 0 Å². The molecule has 0 aliphatic carbocycles. The summed E-state index contributed by atoms with van der Waals surface area (Å²) < 4.78 is 8.23. The molecule has 8 heteroatoms. The maximum atomic E-state index is 12.3. The number of nitrogens with zero attached hydrogens (tertiary/aromatic N) is 2. The lowest BCUT2D eigenvalue weighted by atomic mass is 10.1. The second kappa shape index (κ2) is 7.99. The molecule has 0 radical (unpaired) electrons. The van der Waals surface area contributed by atoms with Gasteiger partial charge < -0.3 is 4.74 Å². The standard InChI is InChI=1S/C20H22N4O4/c1-13-8-9-15(10-14(13)2)28-12-19(26)22-21-18(25)11-24-17-7-5-4-6-16(17)23(3)20(24)27/h4-10H,11-12H2,1-3H3,(H,21,25)(H,22,26). The normalized spacial score (nSPS) is 10.7. The number of hydrazine groups is 1. The van der Waals surface area contributed by atoms with E-state index < -0.39 is 11.8 Å². The zero-order chi connectivity index (χ0) is 20.3. The van der Waals surface area contributed by atoms with Gasteiger partial charge in [-0.2, -0.15) is 0 Å². The Morgan fingerprint density at radius 3 is 2.36 bits per heavy atom. The summed E-state index contributed by atoms with van der Waals surface area (Å²) in [4.78, 5) is 36.3. The number of fused-ring (bicyclic) bond motifs is 1. The van der Waals surface area contributed by atoms with Crippen molar-refractivity contribution in [2.24, 2.45) is 7.05 Å². The van der Waals surface area contributed by atoms with Crippen LogP contribution in [0.25, 0.3) is 11.0 Å². The molecule has 1 aromatic heterocycles. The zero-order valence-electron chi connectivity index (χ0n) is 16.0. The number of hydrogen-bond donors (Lipinski definition) is 2. The summed E-state index contributed by atoms with van der Waals surface area (Å²) in [5, 5.41) is 0. The van der Waals surface area contributed by atoms with Gasteiger partial charge in [0.15, 0.2) is 6.61 Å². The Kier molecular flexibility index (Phi) is 5.49. The SMILES string of the molecule is Cc1ccc(OCC(=O)NNC(=O)Cn2c(=O)n(C)c3ccccc32)cc1C. The average Bonchev–Trinajstić information content (AvgIpc) is 2.92. The van der Waals surface area contributed by atoms with E-state index in [1.807, 2.05) is 32.0 Å². The average molecular weight is 382 g/mol. The van der Waals surface area contributed by atoms with Gasteiger partial charge in [0.05, 0.1) is 11.0 Å². The monoisotopic (exact) mass is 382 g/mol. The number of carbonyl (C=O) groups excluding carboxylic acids is 2. The van der Waals surface area contributed by atoms with Crippen molar-refractivity contribution in [3.8, 4) is 5.75 Å². The predicted molar refractivity (Wildman–Crippen MR) is 105 cm³/mol. The third-order valence-corrected chi connectivity index (χ3v) is 4.54. The van der Waals surface area contributed by atoms with Crippen LogP contribution in [0.1, 0.15) is 11.1 Å². The molecule has 0 spiro atoms. The molecule has 2 amide bonds. The highest BCUT2D eigenvalue weighted by atomic mass is 16.5. The van der Waals surface area contributed by atoms with E-state index in [4.69, 9.17) is 4.74 Å². The Morgan fingerprint density at radius 2 is 1.64 bits per heavy atom. The largest absolute Gasteiger partial charge is 0.484 e. The van der Waals surface area contributed by atoms with Gasteiger partial charge in [0, 0.05) is 7.05 Å². The lowest BCUT2D eigenvalue weighted by Crippen LogP contribution is -2.45. The van der Waals surface area contributed by atoms with E-state index in [-0.39, 0.29) is 18.8 Å². The Balaban J connectivity index is 1.54. The summed E-state index contributed by atoms with van der Waals surface area (Å²) in [7, 11) is 1.64. The Morgan fingerprint density at radius 1 is 0.964 bits per heavy atom. The molecule has 0 aliphatic heterocycles. The summed E-state index contributed by atoms with van der Waals surface area (Å²) in [5.74, 6) is -0.443. The molecule has 0 unspecified atom stereocenters. The van der Waals surface area contributed by atoms with E-state index in [2.05, 4.69) is 10.9 Å². The Bertz CT molecular complexity index is 1100. The number of rotatable bonds is 5. The number of nitrogens with one attached hydrogen (secondary N) is 2. The molecule has 2 aromatic carbocycles. The quantitative estimate of drug-likeness (QED) is 0.648. The van der Waals surface area contributed by atoms with Crippen LogP contribution < -0.4 is 21.3 Å². The van der Waals surface area contributed by atoms with E-state index in [1.165, 1.54) is 9.13 Å². The second-order valence-corrected chi connectivity index (χ2v) is 6.55. The van der Waals surface area contributed by atoms with Gasteiger partial charge in [-0.05, 0) is 49.2 Å². The highest BCUT2D eigenvalue weighted by Gasteiger charge is 2.13. The van der Waals surface area contributed by atoms with Gasteiger partial charge in [0.1, 0.15) is 12.3 Å². The summed E-state index contributed by atoms with van der Waals surface area (Å²) in [6.45, 7) is 3.50. The summed E-state index contributed by atoms with van der Waals surface area (Å²) in [6.07, 6.45) is 0. The number of benzene rings is 2. The first-order valence-corrected chi connectivity index (χ1v) is 8.79. The van der Waals surface area contributed by atoms with Crippen LogP contribution in [-0.2, 0) is 23.2 Å². The maximum Gasteiger partial charge on any atom is 0.329 e. The number of aromatic nitrogens is 2. The van der Waals surface area contributed by atoms with Gasteiger partial charge in [-0.25, -0.2) is 4.79 Å². The molecule has 1 heterocycles. The van der Waals surface area contributed by atoms with E-state index >= 15 is 0 Å². The van der Waals surface area contributed by atoms with Crippen LogP contribution in [0, 0.1) is 13.8 Å². The molecule has 0 atom stereocenters. The number of hydrogen-bond acceptors (Lipinski definition) is 4. The van der Waals surface area contributed by atoms with Crippen LogP contribution >= 0.6 is 0 Å². The van der Waals surface area contributed by atoms with Gasteiger partial charge in [0.25, 0.3) is 11.8 Å². The number of amides is 2. The van der Waals surface area contributed by atoms with Crippen molar-refractivity contribution in [2.75, 3.05) is 6.61 Å². The number of imidazole rings is 1. The summed E-state index contributed by atoms with van der Waals surface area (Å²) in [6, 6.07) is 12.7. The molecule has 0 bridgehead atoms. The van der Waals surface area contributed by atoms with Crippen molar-refractivity contribution >= 4 is 22.8 Å². The highest BCUT2D eigenvalue weighted by molar-refractivity contribution is 5.84. The second-order valence-electron chi connectivity index (χ2n) is 6.55. The van der Waals surface area contributed by atoms with Crippen LogP contribution in [0.5, 0.6) is 5.75 Å². The molecule has 28 heavy (non-hydrogen) atoms. The molecule has 0 saturated carbocycles. The van der Waals surface area contributed by atoms with Crippen LogP contribution in [-0.4, -0.2) is 27.6 Å². The first-order chi connectivity index (χ1) is 13.4. The van der Waals surface area contributed by atoms with Crippen LogP contribution in [0.3, 0.4) is 0 Å². The third-order valence-electron chi connectivity index (χ3n) is 4.54. The van der Waals surface area contributed by atoms with E-state index in [0.717, 1.165) is 16.6 Å². The molecule has 0 saturated heterocycles. The fraction of sp³-hybridized carbons (Fsp3) is 0.250. The van der Waals surface area contributed by atoms with Crippen LogP contribution in [0.15, 0.2) is 47.3 Å². The third kappa shape index (κ3) is 4.06. The van der Waals surface area contributed by atoms with Gasteiger partial charge in [-0.3, -0.25) is 29.6 Å². The van der Waals surface area contributed by atoms with Crippen LogP contribution in [0.2, 0.25) is 0 Å². The first-order valence-electron chi connectivity index (χ1n) is 8.79. The summed E-state index contributed by atoms with van der Waals surface area (Å²) >= 11 is 0. The van der Waals surface area contributed by atoms with E-state index in [0.29, 0.717) is 11.3 Å². The van der Waals surface area contributed by atoms with Gasteiger partial charge in [-0.1, -0.05) is 18.2 Å². The number of para-hydroxylation sites is 2. The van der Waals surface area contributed by atoms with Crippen LogP contribution in [0.4, 0.5) is 0 Å². The lowest BCUT2D eigenvalue weighted by Gasteiger charge is -2.10. The summed E-state index contributed by atoms with van der Waals surface area (Å²) in [5.41, 5.74) is 7.85. The Hall–Kier alpha value is -3.55. The smallest absolute Gasteiger partial charge is 0.329 e. The topological polar surface area (TPSA) is 94.4 Å². The minimum atomic E-state index is -0.516. The van der Waals surface area contributed by atoms with Gasteiger partial charge >= 0.3 is 5.69 Å². The number of ether oxygens (including phenoxy) is 1. The molecular weight excluding hydrogens is 360 g/mol. The van der Waals surface area contributed by atoms with Gasteiger partial charge in [-0.15, -0.1) is 0 Å². The van der Waals surface area contributed by atoms with Crippen molar-refractivity contribution < 1.29 is 14.3 Å². The maximum absolute atomic E-state index is 12.3. The fourth-order valence-electron chi connectivity index (χ4n) is 2.83. The minimum Gasteiger partial charge on any atom is -0.484 e. The molecule has 0 fully saturated rings. The number of carbonyl (C=O) groups is 2. The zero-order valence-corrected chi connectivity index (χ0v) is 16.0. The minimum absolute atomic E-state index is 0.210. The van der Waals surface area contributed by atoms with Crippen molar-refractivity contribution in [1.29, 1.82) is 0 Å². The fourth-order valence-corrected chi connectivity index (χ4v) is 2.83. The van der Waals surface area contributed by atoms with Crippen molar-refractivity contribution in [3.63, 3.8) is 0 Å². The molecule has 146 valence electrons. The van der Waals surface area contributed by atoms with Crippen molar-refractivity contribution in [2.45, 2.75) is 20.4 Å². The highest BCUT2D eigenvalue weighted by Crippen LogP contribution is 2.16. The molecule has 3 rings (SSSR count).